The zero-order valence-corrected chi connectivity index (χ0v) is 8.59. The van der Waals surface area contributed by atoms with Crippen molar-refractivity contribution in [3.63, 3.8) is 0 Å². The molecule has 0 aliphatic carbocycles. The van der Waals surface area contributed by atoms with Crippen molar-refractivity contribution in [2.75, 3.05) is 19.6 Å². The maximum Gasteiger partial charge on any atom is 0.405 e. The molecule has 1 rings (SSSR count). The molecule has 16 heavy (non-hydrogen) atoms. The summed E-state index contributed by atoms with van der Waals surface area (Å²) in [5.74, 6) is -0.245. The van der Waals surface area contributed by atoms with E-state index in [0.29, 0.717) is 6.42 Å². The minimum atomic E-state index is -4.24. The zero-order valence-electron chi connectivity index (χ0n) is 8.59. The van der Waals surface area contributed by atoms with E-state index in [0.717, 1.165) is 4.90 Å². The molecular weight excluding hydrogens is 225 g/mol. The van der Waals surface area contributed by atoms with Crippen molar-refractivity contribution in [1.29, 1.82) is 0 Å². The van der Waals surface area contributed by atoms with Gasteiger partial charge in [0, 0.05) is 25.7 Å². The summed E-state index contributed by atoms with van der Waals surface area (Å²) in [6.07, 6.45) is -2.64. The lowest BCUT2D eigenvalue weighted by atomic mass is 10.4. The lowest BCUT2D eigenvalue weighted by Crippen LogP contribution is -2.28. The highest BCUT2D eigenvalue weighted by Gasteiger charge is 2.31. The van der Waals surface area contributed by atoms with Gasteiger partial charge in [0.15, 0.2) is 0 Å². The predicted octanol–water partition coefficient (Wildman–Crippen LogP) is 0.988. The molecule has 0 saturated heterocycles. The van der Waals surface area contributed by atoms with Crippen LogP contribution in [0, 0.1) is 0 Å². The Kier molecular flexibility index (Phi) is 4.17. The number of nitrogens with zero attached hydrogens (tertiary/aromatic N) is 1. The third-order valence-corrected chi connectivity index (χ3v) is 1.95. The fourth-order valence-electron chi connectivity index (χ4n) is 1.33. The molecule has 1 heterocycles. The Labute approximate surface area is 90.8 Å². The van der Waals surface area contributed by atoms with Crippen LogP contribution in [0.15, 0.2) is 12.0 Å². The molecule has 7 heteroatoms. The lowest BCUT2D eigenvalue weighted by Gasteiger charge is -2.16. The molecule has 0 amide bonds. The molecule has 1 aliphatic rings. The molecule has 0 aromatic rings. The van der Waals surface area contributed by atoms with Crippen LogP contribution in [0.3, 0.4) is 0 Å². The molecule has 0 saturated carbocycles. The van der Waals surface area contributed by atoms with Gasteiger partial charge in [0.1, 0.15) is 12.3 Å². The van der Waals surface area contributed by atoms with Gasteiger partial charge in [-0.25, -0.2) is 0 Å². The highest BCUT2D eigenvalue weighted by Crippen LogP contribution is 2.22. The van der Waals surface area contributed by atoms with Crippen molar-refractivity contribution in [3.8, 4) is 0 Å². The van der Waals surface area contributed by atoms with E-state index < -0.39 is 18.7 Å². The van der Waals surface area contributed by atoms with Gasteiger partial charge in [-0.15, -0.1) is 0 Å². The topological polar surface area (TPSA) is 55.6 Å². The lowest BCUT2D eigenvalue weighted by molar-refractivity contribution is -0.139. The number of nitrogens with two attached hydrogens (primary N) is 1. The first-order valence-corrected chi connectivity index (χ1v) is 4.83. The number of hydrogen-bond acceptors (Lipinski definition) is 4. The van der Waals surface area contributed by atoms with Crippen LogP contribution in [-0.2, 0) is 9.53 Å². The molecule has 2 N–H and O–H groups in total. The smallest absolute Gasteiger partial charge is 0.405 e. The summed E-state index contributed by atoms with van der Waals surface area (Å²) in [6, 6.07) is 0. The number of halogens is 3. The summed E-state index contributed by atoms with van der Waals surface area (Å²) in [5, 5.41) is 0. The van der Waals surface area contributed by atoms with Crippen molar-refractivity contribution < 1.29 is 22.7 Å². The summed E-state index contributed by atoms with van der Waals surface area (Å²) in [5.41, 5.74) is 5.13. The fraction of sp³-hybridized carbons (Fsp3) is 0.667. The Morgan fingerprint density at radius 2 is 2.25 bits per heavy atom. The Bertz CT molecular complexity index is 289. The predicted molar refractivity (Wildman–Crippen MR) is 50.1 cm³/mol. The van der Waals surface area contributed by atoms with Gasteiger partial charge in [0.25, 0.3) is 0 Å². The van der Waals surface area contributed by atoms with Gasteiger partial charge in [0.2, 0.25) is 0 Å². The summed E-state index contributed by atoms with van der Waals surface area (Å²) < 4.78 is 40.9. The minimum absolute atomic E-state index is 0.0661. The molecule has 0 radical (unpaired) electrons. The van der Waals surface area contributed by atoms with Gasteiger partial charge < -0.3 is 15.4 Å². The Balaban J connectivity index is 2.41. The van der Waals surface area contributed by atoms with Gasteiger partial charge in [-0.3, -0.25) is 4.79 Å². The van der Waals surface area contributed by atoms with Crippen LogP contribution in [0.5, 0.6) is 0 Å². The first-order chi connectivity index (χ1) is 7.40. The molecular formula is C9H13F3N2O2. The molecule has 0 spiro atoms. The van der Waals surface area contributed by atoms with E-state index in [1.165, 1.54) is 6.20 Å². The Morgan fingerprint density at radius 3 is 2.81 bits per heavy atom. The molecule has 0 unspecified atom stereocenters. The number of hydrogen-bond donors (Lipinski definition) is 1. The summed E-state index contributed by atoms with van der Waals surface area (Å²) >= 11 is 0. The number of rotatable bonds is 4. The Hall–Kier alpha value is -1.24. The number of alkyl halides is 3. The molecule has 0 aromatic heterocycles. The zero-order chi connectivity index (χ0) is 12.2. The molecule has 0 atom stereocenters. The van der Waals surface area contributed by atoms with E-state index in [4.69, 9.17) is 10.5 Å². The van der Waals surface area contributed by atoms with Crippen molar-refractivity contribution in [3.05, 3.63) is 12.0 Å². The quantitative estimate of drug-likeness (QED) is 0.742. The molecule has 92 valence electrons. The fourth-order valence-corrected chi connectivity index (χ4v) is 1.33. The second kappa shape index (κ2) is 5.20. The molecule has 4 nitrogen and oxygen atoms in total. The number of carbonyl (C=O) groups excluding carboxylic acids is 1. The third-order valence-electron chi connectivity index (χ3n) is 1.95. The number of esters is 1. The van der Waals surface area contributed by atoms with E-state index >= 15 is 0 Å². The third kappa shape index (κ3) is 4.52. The summed E-state index contributed by atoms with van der Waals surface area (Å²) in [4.78, 5) is 12.1. The normalized spacial score (nSPS) is 16.2. The first kappa shape index (κ1) is 12.8. The molecule has 1 aliphatic heterocycles. The minimum Gasteiger partial charge on any atom is -0.429 e. The van der Waals surface area contributed by atoms with Gasteiger partial charge in [-0.05, 0) is 0 Å². The maximum atomic E-state index is 12.0. The van der Waals surface area contributed by atoms with Crippen LogP contribution >= 0.6 is 0 Å². The number of ether oxygens (including phenoxy) is 1. The monoisotopic (exact) mass is 238 g/mol. The average Bonchev–Trinajstić information content (AvgIpc) is 2.49. The first-order valence-electron chi connectivity index (χ1n) is 4.83. The molecule has 0 bridgehead atoms. The van der Waals surface area contributed by atoms with Crippen LogP contribution in [-0.4, -0.2) is 36.7 Å². The van der Waals surface area contributed by atoms with Gasteiger partial charge in [-0.2, -0.15) is 13.2 Å². The average molecular weight is 238 g/mol. The van der Waals surface area contributed by atoms with Crippen LogP contribution < -0.4 is 5.73 Å². The van der Waals surface area contributed by atoms with Crippen LogP contribution in [0.4, 0.5) is 13.2 Å². The molecule has 0 fully saturated rings. The highest BCUT2D eigenvalue weighted by atomic mass is 19.4. The van der Waals surface area contributed by atoms with Crippen LogP contribution in [0.2, 0.25) is 0 Å². The highest BCUT2D eigenvalue weighted by molar-refractivity contribution is 5.70. The van der Waals surface area contributed by atoms with Crippen molar-refractivity contribution in [2.24, 2.45) is 5.73 Å². The second-order valence-corrected chi connectivity index (χ2v) is 3.44. The van der Waals surface area contributed by atoms with Crippen LogP contribution in [0.25, 0.3) is 0 Å². The number of carbonyl (C=O) groups is 1. The summed E-state index contributed by atoms with van der Waals surface area (Å²) in [7, 11) is 0. The van der Waals surface area contributed by atoms with E-state index in [2.05, 4.69) is 0 Å². The largest absolute Gasteiger partial charge is 0.429 e. The van der Waals surface area contributed by atoms with E-state index in [-0.39, 0.29) is 25.3 Å². The van der Waals surface area contributed by atoms with Crippen molar-refractivity contribution in [1.82, 2.24) is 4.90 Å². The Morgan fingerprint density at radius 1 is 1.56 bits per heavy atom. The van der Waals surface area contributed by atoms with Crippen LogP contribution in [0.1, 0.15) is 12.8 Å². The van der Waals surface area contributed by atoms with E-state index in [1.807, 2.05) is 0 Å². The van der Waals surface area contributed by atoms with Gasteiger partial charge >= 0.3 is 12.1 Å². The maximum absolute atomic E-state index is 12.0. The van der Waals surface area contributed by atoms with E-state index in [9.17, 15) is 18.0 Å². The van der Waals surface area contributed by atoms with Crippen molar-refractivity contribution in [2.45, 2.75) is 19.0 Å². The van der Waals surface area contributed by atoms with E-state index in [1.54, 1.807) is 0 Å². The molecule has 0 aromatic carbocycles. The standard InChI is InChI=1S/C9H13F3N2O2/c10-9(11,12)6-14-4-2-7(5-14)16-8(15)1-3-13/h5H,1-4,6,13H2. The van der Waals surface area contributed by atoms with Crippen molar-refractivity contribution >= 4 is 5.97 Å². The van der Waals surface area contributed by atoms with Gasteiger partial charge in [-0.1, -0.05) is 0 Å². The summed E-state index contributed by atoms with van der Waals surface area (Å²) in [6.45, 7) is -0.645. The second-order valence-electron chi connectivity index (χ2n) is 3.44. The van der Waals surface area contributed by atoms with Gasteiger partial charge in [0.05, 0.1) is 6.42 Å². The SMILES string of the molecule is NCCC(=O)OC1=CN(CC(F)(F)F)CC1.